The fourth-order valence-corrected chi connectivity index (χ4v) is 2.30. The molecule has 1 aliphatic carbocycles. The van der Waals surface area contributed by atoms with Gasteiger partial charge in [-0.1, -0.05) is 0 Å². The van der Waals surface area contributed by atoms with Gasteiger partial charge in [0.1, 0.15) is 0 Å². The van der Waals surface area contributed by atoms with Gasteiger partial charge >= 0.3 is 0 Å². The number of nitrogens with one attached hydrogen (secondary N) is 1. The van der Waals surface area contributed by atoms with Gasteiger partial charge in [0.15, 0.2) is 11.6 Å². The standard InChI is InChI=1S/C12H14F2N2/c13-9-4-5-10-12(11(9)14)16(8-2-3-8)7-1-6-15-10/h4-5,8,15H,1-3,6-7H2. The van der Waals surface area contributed by atoms with Crippen molar-refractivity contribution in [2.75, 3.05) is 23.3 Å². The highest BCUT2D eigenvalue weighted by molar-refractivity contribution is 5.72. The van der Waals surface area contributed by atoms with Gasteiger partial charge in [0.25, 0.3) is 0 Å². The van der Waals surface area contributed by atoms with Crippen molar-refractivity contribution in [2.45, 2.75) is 25.3 Å². The molecule has 1 saturated carbocycles. The van der Waals surface area contributed by atoms with E-state index in [0.29, 0.717) is 11.7 Å². The van der Waals surface area contributed by atoms with Gasteiger partial charge in [0.05, 0.1) is 11.4 Å². The smallest absolute Gasteiger partial charge is 0.184 e. The molecule has 1 N–H and O–H groups in total. The molecule has 1 aromatic rings. The summed E-state index contributed by atoms with van der Waals surface area (Å²) in [5, 5.41) is 3.16. The number of hydrogen-bond donors (Lipinski definition) is 1. The molecule has 1 aliphatic heterocycles. The predicted octanol–water partition coefficient (Wildman–Crippen LogP) is 2.75. The summed E-state index contributed by atoms with van der Waals surface area (Å²) < 4.78 is 27.1. The number of fused-ring (bicyclic) bond motifs is 1. The average Bonchev–Trinajstić information content (AvgIpc) is 3.08. The third-order valence-electron chi connectivity index (χ3n) is 3.24. The number of rotatable bonds is 1. The van der Waals surface area contributed by atoms with Crippen molar-refractivity contribution in [3.63, 3.8) is 0 Å². The van der Waals surface area contributed by atoms with Gasteiger partial charge in [0, 0.05) is 19.1 Å². The molecule has 16 heavy (non-hydrogen) atoms. The van der Waals surface area contributed by atoms with Crippen LogP contribution in [0.1, 0.15) is 19.3 Å². The molecule has 2 aliphatic rings. The van der Waals surface area contributed by atoms with Crippen LogP contribution in [0.2, 0.25) is 0 Å². The molecule has 4 heteroatoms. The lowest BCUT2D eigenvalue weighted by molar-refractivity contribution is 0.506. The van der Waals surface area contributed by atoms with Crippen molar-refractivity contribution in [2.24, 2.45) is 0 Å². The Balaban J connectivity index is 2.10. The minimum absolute atomic E-state index is 0.412. The number of nitrogens with zero attached hydrogens (tertiary/aromatic N) is 1. The molecule has 0 saturated heterocycles. The second kappa shape index (κ2) is 3.61. The van der Waals surface area contributed by atoms with Gasteiger partial charge < -0.3 is 10.2 Å². The Labute approximate surface area is 93.3 Å². The maximum Gasteiger partial charge on any atom is 0.184 e. The summed E-state index contributed by atoms with van der Waals surface area (Å²) in [4.78, 5) is 2.02. The van der Waals surface area contributed by atoms with Gasteiger partial charge in [0.2, 0.25) is 0 Å². The van der Waals surface area contributed by atoms with E-state index < -0.39 is 11.6 Å². The Morgan fingerprint density at radius 1 is 1.25 bits per heavy atom. The fourth-order valence-electron chi connectivity index (χ4n) is 2.30. The van der Waals surface area contributed by atoms with Crippen LogP contribution in [-0.2, 0) is 0 Å². The molecule has 0 radical (unpaired) electrons. The molecule has 1 fully saturated rings. The van der Waals surface area contributed by atoms with E-state index in [9.17, 15) is 8.78 Å². The summed E-state index contributed by atoms with van der Waals surface area (Å²) in [6.07, 6.45) is 3.15. The van der Waals surface area contributed by atoms with E-state index in [1.807, 2.05) is 4.90 Å². The van der Waals surface area contributed by atoms with Crippen molar-refractivity contribution in [1.82, 2.24) is 0 Å². The molecule has 0 spiro atoms. The van der Waals surface area contributed by atoms with E-state index in [2.05, 4.69) is 5.32 Å². The van der Waals surface area contributed by atoms with E-state index >= 15 is 0 Å². The Kier molecular flexibility index (Phi) is 2.23. The van der Waals surface area contributed by atoms with E-state index in [4.69, 9.17) is 0 Å². The lowest BCUT2D eigenvalue weighted by atomic mass is 10.2. The average molecular weight is 224 g/mol. The predicted molar refractivity (Wildman–Crippen MR) is 59.8 cm³/mol. The minimum Gasteiger partial charge on any atom is -0.383 e. The van der Waals surface area contributed by atoms with E-state index in [1.54, 1.807) is 6.07 Å². The second-order valence-electron chi connectivity index (χ2n) is 4.46. The fraction of sp³-hybridized carbons (Fsp3) is 0.500. The lowest BCUT2D eigenvalue weighted by Gasteiger charge is -2.24. The van der Waals surface area contributed by atoms with Gasteiger partial charge in [-0.3, -0.25) is 0 Å². The Bertz CT molecular complexity index is 416. The van der Waals surface area contributed by atoms with Gasteiger partial charge in [-0.15, -0.1) is 0 Å². The van der Waals surface area contributed by atoms with Crippen LogP contribution in [0.4, 0.5) is 20.2 Å². The molecule has 1 aromatic carbocycles. The van der Waals surface area contributed by atoms with Crippen molar-refractivity contribution < 1.29 is 8.78 Å². The van der Waals surface area contributed by atoms with Gasteiger partial charge in [-0.05, 0) is 31.4 Å². The first kappa shape index (κ1) is 9.87. The first-order chi connectivity index (χ1) is 7.77. The highest BCUT2D eigenvalue weighted by Crippen LogP contribution is 2.39. The summed E-state index contributed by atoms with van der Waals surface area (Å²) >= 11 is 0. The van der Waals surface area contributed by atoms with Gasteiger partial charge in [-0.2, -0.15) is 0 Å². The zero-order valence-corrected chi connectivity index (χ0v) is 8.97. The van der Waals surface area contributed by atoms with Crippen LogP contribution >= 0.6 is 0 Å². The Hall–Kier alpha value is -1.32. The molecule has 3 rings (SSSR count). The second-order valence-corrected chi connectivity index (χ2v) is 4.46. The van der Waals surface area contributed by atoms with Crippen LogP contribution in [0.15, 0.2) is 12.1 Å². The van der Waals surface area contributed by atoms with E-state index in [-0.39, 0.29) is 0 Å². The molecule has 0 unspecified atom stereocenters. The van der Waals surface area contributed by atoms with Crippen LogP contribution in [0.3, 0.4) is 0 Å². The highest BCUT2D eigenvalue weighted by Gasteiger charge is 2.33. The third kappa shape index (κ3) is 1.52. The van der Waals surface area contributed by atoms with Crippen molar-refractivity contribution >= 4 is 11.4 Å². The largest absolute Gasteiger partial charge is 0.383 e. The van der Waals surface area contributed by atoms with Crippen LogP contribution in [0, 0.1) is 11.6 Å². The monoisotopic (exact) mass is 224 g/mol. The molecule has 0 bridgehead atoms. The summed E-state index contributed by atoms with van der Waals surface area (Å²) in [5.74, 6) is -1.47. The summed E-state index contributed by atoms with van der Waals surface area (Å²) in [6, 6.07) is 3.24. The molecule has 0 aromatic heterocycles. The van der Waals surface area contributed by atoms with E-state index in [1.165, 1.54) is 6.07 Å². The number of hydrogen-bond acceptors (Lipinski definition) is 2. The minimum atomic E-state index is -0.756. The molecule has 0 atom stereocenters. The van der Waals surface area contributed by atoms with Crippen LogP contribution in [0.25, 0.3) is 0 Å². The first-order valence-corrected chi connectivity index (χ1v) is 5.76. The number of anilines is 2. The topological polar surface area (TPSA) is 15.3 Å². The molecule has 1 heterocycles. The van der Waals surface area contributed by atoms with Crippen molar-refractivity contribution in [3.05, 3.63) is 23.8 Å². The third-order valence-corrected chi connectivity index (χ3v) is 3.24. The Morgan fingerprint density at radius 3 is 2.81 bits per heavy atom. The van der Waals surface area contributed by atoms with Crippen LogP contribution in [-0.4, -0.2) is 19.1 Å². The highest BCUT2D eigenvalue weighted by atomic mass is 19.2. The number of halogens is 2. The Morgan fingerprint density at radius 2 is 2.06 bits per heavy atom. The normalized spacial score (nSPS) is 20.0. The number of benzene rings is 1. The summed E-state index contributed by atoms with van der Waals surface area (Å²) in [5.41, 5.74) is 1.16. The summed E-state index contributed by atoms with van der Waals surface area (Å²) in [6.45, 7) is 1.63. The summed E-state index contributed by atoms with van der Waals surface area (Å²) in [7, 11) is 0. The molecule has 86 valence electrons. The lowest BCUT2D eigenvalue weighted by Crippen LogP contribution is -2.27. The molecular weight excluding hydrogens is 210 g/mol. The maximum absolute atomic E-state index is 13.8. The van der Waals surface area contributed by atoms with Crippen molar-refractivity contribution in [1.29, 1.82) is 0 Å². The van der Waals surface area contributed by atoms with Crippen LogP contribution < -0.4 is 10.2 Å². The molecule has 0 amide bonds. The quantitative estimate of drug-likeness (QED) is 0.789. The molecule has 2 nitrogen and oxygen atoms in total. The zero-order chi connectivity index (χ0) is 11.1. The maximum atomic E-state index is 13.8. The van der Waals surface area contributed by atoms with Crippen molar-refractivity contribution in [3.8, 4) is 0 Å². The van der Waals surface area contributed by atoms with Crippen LogP contribution in [0.5, 0.6) is 0 Å². The first-order valence-electron chi connectivity index (χ1n) is 5.76. The zero-order valence-electron chi connectivity index (χ0n) is 8.97. The van der Waals surface area contributed by atoms with Gasteiger partial charge in [-0.25, -0.2) is 8.78 Å². The SMILES string of the molecule is Fc1ccc2c(c1F)N(C1CC1)CCCN2. The van der Waals surface area contributed by atoms with E-state index in [0.717, 1.165) is 38.0 Å². The molecular formula is C12H14F2N2.